The highest BCUT2D eigenvalue weighted by Gasteiger charge is 2.26. The van der Waals surface area contributed by atoms with Gasteiger partial charge in [-0.1, -0.05) is 42.0 Å². The van der Waals surface area contributed by atoms with E-state index in [9.17, 15) is 9.18 Å². The molecular weight excluding hydrogens is 417 g/mol. The van der Waals surface area contributed by atoms with Crippen molar-refractivity contribution in [1.82, 2.24) is 4.90 Å². The van der Waals surface area contributed by atoms with Gasteiger partial charge in [0.25, 0.3) is 5.91 Å². The van der Waals surface area contributed by atoms with Gasteiger partial charge in [0.15, 0.2) is 0 Å². The first-order chi connectivity index (χ1) is 14.9. The van der Waals surface area contributed by atoms with E-state index in [1.54, 1.807) is 17.1 Å². The lowest BCUT2D eigenvalue weighted by Crippen LogP contribution is -2.34. The summed E-state index contributed by atoms with van der Waals surface area (Å²) in [5, 5.41) is 0.701. The van der Waals surface area contributed by atoms with Gasteiger partial charge in [0.1, 0.15) is 18.0 Å². The number of nitrogens with zero attached hydrogens (tertiary/aromatic N) is 1. The maximum Gasteiger partial charge on any atom is 0.253 e. The summed E-state index contributed by atoms with van der Waals surface area (Å²) < 4.78 is 25.7. The summed E-state index contributed by atoms with van der Waals surface area (Å²) >= 11 is 5.91. The second-order valence-corrected chi connectivity index (χ2v) is 8.55. The molecule has 0 aromatic heterocycles. The third kappa shape index (κ3) is 5.54. The molecule has 1 amide bonds. The van der Waals surface area contributed by atoms with Crippen LogP contribution in [-0.4, -0.2) is 29.6 Å². The van der Waals surface area contributed by atoms with Crippen molar-refractivity contribution in [3.63, 3.8) is 0 Å². The lowest BCUT2D eigenvalue weighted by molar-refractivity contribution is -0.127. The van der Waals surface area contributed by atoms with E-state index in [0.717, 1.165) is 22.4 Å². The number of allylic oxidation sites excluding steroid dienone is 2. The van der Waals surface area contributed by atoms with Crippen molar-refractivity contribution in [3.8, 4) is 5.75 Å². The molecule has 162 valence electrons. The summed E-state index contributed by atoms with van der Waals surface area (Å²) in [6.07, 6.45) is 4.93. The molecule has 1 unspecified atom stereocenters. The molecule has 0 fully saturated rings. The topological polar surface area (TPSA) is 38.8 Å². The predicted molar refractivity (Wildman–Crippen MR) is 119 cm³/mol. The highest BCUT2D eigenvalue weighted by molar-refractivity contribution is 6.30. The van der Waals surface area contributed by atoms with Crippen LogP contribution in [-0.2, 0) is 29.3 Å². The van der Waals surface area contributed by atoms with E-state index in [-0.39, 0.29) is 12.3 Å². The number of amides is 1. The lowest BCUT2D eigenvalue weighted by atomic mass is 9.95. The zero-order chi connectivity index (χ0) is 21.8. The molecule has 0 radical (unpaired) electrons. The number of benzene rings is 2. The van der Waals surface area contributed by atoms with Crippen molar-refractivity contribution in [2.24, 2.45) is 0 Å². The molecule has 31 heavy (non-hydrogen) atoms. The second-order valence-electron chi connectivity index (χ2n) is 8.11. The van der Waals surface area contributed by atoms with Crippen LogP contribution in [0.25, 0.3) is 0 Å². The Morgan fingerprint density at radius 3 is 2.68 bits per heavy atom. The Bertz CT molecular complexity index is 1010. The van der Waals surface area contributed by atoms with Crippen LogP contribution in [0.3, 0.4) is 0 Å². The molecule has 1 heterocycles. The molecule has 0 saturated carbocycles. The van der Waals surface area contributed by atoms with Crippen molar-refractivity contribution in [3.05, 3.63) is 88.0 Å². The second kappa shape index (κ2) is 9.25. The van der Waals surface area contributed by atoms with Crippen molar-refractivity contribution in [2.75, 3.05) is 13.2 Å². The molecule has 1 aliphatic heterocycles. The smallest absolute Gasteiger partial charge is 0.253 e. The highest BCUT2D eigenvalue weighted by atomic mass is 35.5. The van der Waals surface area contributed by atoms with E-state index in [0.29, 0.717) is 43.5 Å². The SMILES string of the molecule is CC1(F)C=CC(C(=O)N2CCOc3ccc(COCc4ccc(Cl)cc4)cc3C2)=CC1. The quantitative estimate of drug-likeness (QED) is 0.624. The first-order valence-electron chi connectivity index (χ1n) is 10.3. The number of alkyl halides is 1. The maximum absolute atomic E-state index is 14.0. The summed E-state index contributed by atoms with van der Waals surface area (Å²) in [4.78, 5) is 14.7. The Morgan fingerprint density at radius 1 is 1.19 bits per heavy atom. The number of ether oxygens (including phenoxy) is 2. The monoisotopic (exact) mass is 441 g/mol. The summed E-state index contributed by atoms with van der Waals surface area (Å²) in [5.41, 5.74) is 2.14. The molecule has 4 nitrogen and oxygen atoms in total. The summed E-state index contributed by atoms with van der Waals surface area (Å²) in [7, 11) is 0. The van der Waals surface area contributed by atoms with Gasteiger partial charge in [-0.3, -0.25) is 4.79 Å². The number of rotatable bonds is 5. The molecule has 2 aliphatic rings. The van der Waals surface area contributed by atoms with E-state index in [1.165, 1.54) is 13.0 Å². The van der Waals surface area contributed by atoms with Gasteiger partial charge < -0.3 is 14.4 Å². The molecule has 6 heteroatoms. The van der Waals surface area contributed by atoms with E-state index in [2.05, 4.69) is 0 Å². The number of carbonyl (C=O) groups excluding carboxylic acids is 1. The van der Waals surface area contributed by atoms with Crippen LogP contribution in [0.1, 0.15) is 30.0 Å². The number of halogens is 2. The zero-order valence-corrected chi connectivity index (χ0v) is 18.2. The normalized spacial score (nSPS) is 20.5. The third-order valence-electron chi connectivity index (χ3n) is 5.42. The fourth-order valence-electron chi connectivity index (χ4n) is 3.63. The number of carbonyl (C=O) groups is 1. The fourth-order valence-corrected chi connectivity index (χ4v) is 3.75. The third-order valence-corrected chi connectivity index (χ3v) is 5.67. The van der Waals surface area contributed by atoms with Gasteiger partial charge in [-0.05, 0) is 48.4 Å². The first-order valence-corrected chi connectivity index (χ1v) is 10.7. The largest absolute Gasteiger partial charge is 0.491 e. The van der Waals surface area contributed by atoms with Crippen molar-refractivity contribution >= 4 is 17.5 Å². The van der Waals surface area contributed by atoms with Gasteiger partial charge >= 0.3 is 0 Å². The zero-order valence-electron chi connectivity index (χ0n) is 17.4. The van der Waals surface area contributed by atoms with Crippen molar-refractivity contribution in [2.45, 2.75) is 38.8 Å². The number of hydrogen-bond acceptors (Lipinski definition) is 3. The molecule has 0 N–H and O–H groups in total. The van der Waals surface area contributed by atoms with Gasteiger partial charge in [0, 0.05) is 29.1 Å². The molecule has 2 aromatic rings. The molecule has 0 bridgehead atoms. The maximum atomic E-state index is 14.0. The average Bonchev–Trinajstić information content (AvgIpc) is 2.97. The molecule has 0 spiro atoms. The van der Waals surface area contributed by atoms with Gasteiger partial charge in [-0.2, -0.15) is 0 Å². The standard InChI is InChI=1S/C25H25ClFNO3/c1-25(27)10-8-20(9-11-25)24(29)28-12-13-31-23-7-4-19(14-21(23)15-28)17-30-16-18-2-5-22(26)6-3-18/h2-10,14H,11-13,15-17H2,1H3. The molecule has 2 aromatic carbocycles. The molecule has 1 atom stereocenters. The Kier molecular flexibility index (Phi) is 6.44. The Morgan fingerprint density at radius 2 is 1.94 bits per heavy atom. The van der Waals surface area contributed by atoms with Crippen LogP contribution >= 0.6 is 11.6 Å². The Balaban J connectivity index is 1.40. The predicted octanol–water partition coefficient (Wildman–Crippen LogP) is 5.39. The minimum Gasteiger partial charge on any atom is -0.491 e. The minimum atomic E-state index is -1.39. The van der Waals surface area contributed by atoms with Crippen LogP contribution in [0.5, 0.6) is 5.75 Å². The van der Waals surface area contributed by atoms with Gasteiger partial charge in [-0.25, -0.2) is 4.39 Å². The van der Waals surface area contributed by atoms with Crippen LogP contribution < -0.4 is 4.74 Å². The van der Waals surface area contributed by atoms with Gasteiger partial charge in [0.2, 0.25) is 0 Å². The molecule has 1 aliphatic carbocycles. The van der Waals surface area contributed by atoms with Crippen LogP contribution in [0.4, 0.5) is 4.39 Å². The van der Waals surface area contributed by atoms with Gasteiger partial charge in [0.05, 0.1) is 19.8 Å². The van der Waals surface area contributed by atoms with Crippen LogP contribution in [0, 0.1) is 0 Å². The Hall–Kier alpha value is -2.63. The van der Waals surface area contributed by atoms with Crippen molar-refractivity contribution in [1.29, 1.82) is 0 Å². The summed E-state index contributed by atoms with van der Waals surface area (Å²) in [6.45, 7) is 3.79. The molecule has 4 rings (SSSR count). The van der Waals surface area contributed by atoms with Crippen molar-refractivity contribution < 1.29 is 18.7 Å². The van der Waals surface area contributed by atoms with E-state index >= 15 is 0 Å². The van der Waals surface area contributed by atoms with E-state index < -0.39 is 5.67 Å². The minimum absolute atomic E-state index is 0.104. The highest BCUT2D eigenvalue weighted by Crippen LogP contribution is 2.28. The summed E-state index contributed by atoms with van der Waals surface area (Å²) in [6, 6.07) is 13.5. The van der Waals surface area contributed by atoms with E-state index in [4.69, 9.17) is 21.1 Å². The van der Waals surface area contributed by atoms with Crippen LogP contribution in [0.2, 0.25) is 5.02 Å². The van der Waals surface area contributed by atoms with Crippen LogP contribution in [0.15, 0.2) is 66.3 Å². The molecular formula is C25H25ClFNO3. The number of fused-ring (bicyclic) bond motifs is 1. The fraction of sp³-hybridized carbons (Fsp3) is 0.320. The summed E-state index contributed by atoms with van der Waals surface area (Å²) in [5.74, 6) is 0.675. The van der Waals surface area contributed by atoms with E-state index in [1.807, 2.05) is 42.5 Å². The van der Waals surface area contributed by atoms with Gasteiger partial charge in [-0.15, -0.1) is 0 Å². The number of hydrogen-bond donors (Lipinski definition) is 0. The Labute approximate surface area is 186 Å². The lowest BCUT2D eigenvalue weighted by Gasteiger charge is -2.24. The molecule has 0 saturated heterocycles. The first kappa shape index (κ1) is 21.6. The average molecular weight is 442 g/mol.